The van der Waals surface area contributed by atoms with E-state index in [1.54, 1.807) is 21.1 Å². The number of likely N-dealkylation sites (N-methyl/N-ethyl adjacent to an activating group) is 1. The summed E-state index contributed by atoms with van der Waals surface area (Å²) in [7, 11) is 5.40. The van der Waals surface area contributed by atoms with Gasteiger partial charge in [0.15, 0.2) is 6.10 Å². The Morgan fingerprint density at radius 3 is 1.20 bits per heavy atom. The molecule has 0 aromatic heterocycles. The van der Waals surface area contributed by atoms with Gasteiger partial charge in [-0.15, -0.1) is 0 Å². The van der Waals surface area contributed by atoms with E-state index in [0.717, 1.165) is 109 Å². The van der Waals surface area contributed by atoms with Crippen LogP contribution >= 0.6 is 0 Å². The van der Waals surface area contributed by atoms with Gasteiger partial charge in [0.25, 0.3) is 0 Å². The van der Waals surface area contributed by atoms with Gasteiger partial charge >= 0.3 is 11.9 Å². The lowest BCUT2D eigenvalue weighted by molar-refractivity contribution is -0.889. The Hall–Kier alpha value is -3.75. The van der Waals surface area contributed by atoms with E-state index in [-0.39, 0.29) is 42.7 Å². The smallest absolute Gasteiger partial charge is 0.306 e. The lowest BCUT2D eigenvalue weighted by atomic mass is 10.1. The number of aliphatic carboxylic acids is 1. The second-order valence-electron chi connectivity index (χ2n) is 18.0. The first-order valence-electron chi connectivity index (χ1n) is 25.8. The molecule has 0 radical (unpaired) electrons. The van der Waals surface area contributed by atoms with Gasteiger partial charge in [-0.2, -0.15) is 0 Å². The molecule has 2 atom stereocenters. The zero-order chi connectivity index (χ0) is 47.7. The zero-order valence-corrected chi connectivity index (χ0v) is 42.1. The first-order valence-corrected chi connectivity index (χ1v) is 25.8. The van der Waals surface area contributed by atoms with E-state index in [1.165, 1.54) is 51.4 Å². The third-order valence-electron chi connectivity index (χ3n) is 11.0. The van der Waals surface area contributed by atoms with Crippen molar-refractivity contribution in [2.75, 3.05) is 41.0 Å². The molecule has 0 aromatic rings. The highest BCUT2D eigenvalue weighted by molar-refractivity contribution is 5.70. The monoisotopic (exact) mass is 906 g/mol. The van der Waals surface area contributed by atoms with Crippen LogP contribution in [0.5, 0.6) is 0 Å². The molecule has 0 rings (SSSR count). The molecule has 0 fully saturated rings. The minimum Gasteiger partial charge on any atom is -0.544 e. The van der Waals surface area contributed by atoms with E-state index in [9.17, 15) is 19.5 Å². The molecule has 0 heterocycles. The molecule has 0 aliphatic carbocycles. The summed E-state index contributed by atoms with van der Waals surface area (Å²) in [5.41, 5.74) is 0. The van der Waals surface area contributed by atoms with Crippen LogP contribution in [0.4, 0.5) is 0 Å². The number of hydrogen-bond donors (Lipinski definition) is 0. The highest BCUT2D eigenvalue weighted by Crippen LogP contribution is 2.14. The number of quaternary nitrogens is 1. The SMILES string of the molecule is CC/C=C/C/C=C/C/C=C/C/C=C/C/C=C/CCCCCCCCC(=O)OC(COCCC(C(=O)[O-])[N+](C)(C)C)COC(=O)CCCCCCCCCCC/C=C/C/C=C/C/C=C/CC. The van der Waals surface area contributed by atoms with Gasteiger partial charge in [-0.25, -0.2) is 0 Å². The molecule has 0 aliphatic rings. The van der Waals surface area contributed by atoms with Crippen molar-refractivity contribution in [3.8, 4) is 0 Å². The van der Waals surface area contributed by atoms with Crippen LogP contribution in [0, 0.1) is 0 Å². The van der Waals surface area contributed by atoms with Crippen LogP contribution in [0.1, 0.15) is 194 Å². The number of carboxylic acids is 1. The van der Waals surface area contributed by atoms with Gasteiger partial charge in [-0.05, 0) is 89.9 Å². The van der Waals surface area contributed by atoms with E-state index in [4.69, 9.17) is 14.2 Å². The fourth-order valence-electron chi connectivity index (χ4n) is 7.05. The van der Waals surface area contributed by atoms with E-state index >= 15 is 0 Å². The standard InChI is InChI=1S/C57H95NO7/c1-6-8-10-12-14-16-18-20-22-24-26-27-28-30-32-34-36-38-40-42-44-46-48-56(60)65-53(51-63-50-49-54(57(61)62)58(3,4)5)52-64-55(59)47-45-43-41-39-37-35-33-31-29-25-23-21-19-17-15-13-11-9-7-2/h8-11,14-17,20-23,26-27,30,32,53-54H,6-7,12-13,18-19,24-25,28-29,31,33-52H2,1-5H3/b10-8+,11-9+,16-14+,17-15+,22-20+,23-21+,27-26+,32-30+. The molecule has 2 unspecified atom stereocenters. The molecule has 0 bridgehead atoms. The van der Waals surface area contributed by atoms with Gasteiger partial charge in [0.1, 0.15) is 12.6 Å². The minimum absolute atomic E-state index is 0.0273. The van der Waals surface area contributed by atoms with Crippen molar-refractivity contribution in [1.29, 1.82) is 0 Å². The maximum Gasteiger partial charge on any atom is 0.306 e. The van der Waals surface area contributed by atoms with Crippen LogP contribution in [0.15, 0.2) is 97.2 Å². The van der Waals surface area contributed by atoms with Gasteiger partial charge in [-0.3, -0.25) is 9.59 Å². The first kappa shape index (κ1) is 61.2. The molecule has 8 heteroatoms. The Kier molecular flexibility index (Phi) is 44.1. The maximum absolute atomic E-state index is 12.8. The molecule has 8 nitrogen and oxygen atoms in total. The summed E-state index contributed by atoms with van der Waals surface area (Å²) in [5.74, 6) is -1.77. The summed E-state index contributed by atoms with van der Waals surface area (Å²) >= 11 is 0. The van der Waals surface area contributed by atoms with Gasteiger partial charge in [0.2, 0.25) is 0 Å². The van der Waals surface area contributed by atoms with E-state index in [2.05, 4.69) is 111 Å². The molecule has 65 heavy (non-hydrogen) atoms. The summed E-state index contributed by atoms with van der Waals surface area (Å²) in [6.07, 6.45) is 62.9. The van der Waals surface area contributed by atoms with Crippen LogP contribution in [0.3, 0.4) is 0 Å². The number of carbonyl (C=O) groups is 3. The Morgan fingerprint density at radius 1 is 0.462 bits per heavy atom. The summed E-state index contributed by atoms with van der Waals surface area (Å²) in [6, 6.07) is -0.736. The third-order valence-corrected chi connectivity index (χ3v) is 11.0. The molecule has 0 saturated heterocycles. The van der Waals surface area contributed by atoms with Crippen molar-refractivity contribution < 1.29 is 38.2 Å². The highest BCUT2D eigenvalue weighted by Gasteiger charge is 2.25. The fraction of sp³-hybridized carbons (Fsp3) is 0.667. The average Bonchev–Trinajstić information content (AvgIpc) is 3.27. The van der Waals surface area contributed by atoms with Gasteiger partial charge < -0.3 is 28.6 Å². The number of carboxylic acid groups (broad SMARTS) is 1. The predicted molar refractivity (Wildman–Crippen MR) is 272 cm³/mol. The van der Waals surface area contributed by atoms with Crippen molar-refractivity contribution >= 4 is 17.9 Å². The number of allylic oxidation sites excluding steroid dienone is 16. The Morgan fingerprint density at radius 2 is 0.815 bits per heavy atom. The normalized spacial score (nSPS) is 13.7. The van der Waals surface area contributed by atoms with Crippen LogP contribution in [-0.2, 0) is 28.6 Å². The third kappa shape index (κ3) is 45.2. The number of ether oxygens (including phenoxy) is 3. The molecule has 0 aromatic carbocycles. The Balaban J connectivity index is 4.30. The molecular weight excluding hydrogens is 811 g/mol. The second kappa shape index (κ2) is 46.8. The van der Waals surface area contributed by atoms with Crippen LogP contribution in [0.2, 0.25) is 0 Å². The van der Waals surface area contributed by atoms with Gasteiger partial charge in [-0.1, -0.05) is 182 Å². The van der Waals surface area contributed by atoms with E-state index in [0.29, 0.717) is 12.8 Å². The Bertz CT molecular complexity index is 1380. The quantitative estimate of drug-likeness (QED) is 0.0259. The van der Waals surface area contributed by atoms with Crippen LogP contribution in [0.25, 0.3) is 0 Å². The van der Waals surface area contributed by atoms with Crippen molar-refractivity contribution in [3.63, 3.8) is 0 Å². The van der Waals surface area contributed by atoms with Crippen molar-refractivity contribution in [2.45, 2.75) is 206 Å². The number of nitrogens with zero attached hydrogens (tertiary/aromatic N) is 1. The van der Waals surface area contributed by atoms with E-state index in [1.807, 2.05) is 0 Å². The topological polar surface area (TPSA) is 102 Å². The van der Waals surface area contributed by atoms with Gasteiger partial charge in [0, 0.05) is 19.3 Å². The minimum atomic E-state index is -1.13. The largest absolute Gasteiger partial charge is 0.544 e. The average molecular weight is 906 g/mol. The van der Waals surface area contributed by atoms with Crippen molar-refractivity contribution in [3.05, 3.63) is 97.2 Å². The first-order chi connectivity index (χ1) is 31.6. The highest BCUT2D eigenvalue weighted by atomic mass is 16.6. The number of esters is 2. The Labute approximate surface area is 398 Å². The van der Waals surface area contributed by atoms with Crippen LogP contribution in [-0.4, -0.2) is 75.5 Å². The second-order valence-corrected chi connectivity index (χ2v) is 18.0. The summed E-state index contributed by atoms with van der Waals surface area (Å²) in [4.78, 5) is 37.1. The molecule has 0 N–H and O–H groups in total. The van der Waals surface area contributed by atoms with Crippen molar-refractivity contribution in [1.82, 2.24) is 0 Å². The van der Waals surface area contributed by atoms with Crippen LogP contribution < -0.4 is 5.11 Å². The number of carbonyl (C=O) groups excluding carboxylic acids is 3. The van der Waals surface area contributed by atoms with Crippen molar-refractivity contribution in [2.24, 2.45) is 0 Å². The lowest BCUT2D eigenvalue weighted by Crippen LogP contribution is -2.55. The predicted octanol–water partition coefficient (Wildman–Crippen LogP) is 13.7. The molecule has 0 saturated carbocycles. The molecule has 370 valence electrons. The number of rotatable bonds is 45. The molecule has 0 amide bonds. The number of unbranched alkanes of at least 4 members (excludes halogenated alkanes) is 15. The molecule has 0 spiro atoms. The van der Waals surface area contributed by atoms with E-state index < -0.39 is 18.1 Å². The maximum atomic E-state index is 12.8. The zero-order valence-electron chi connectivity index (χ0n) is 42.1. The summed E-state index contributed by atoms with van der Waals surface area (Å²) in [6.45, 7) is 4.42. The fourth-order valence-corrected chi connectivity index (χ4v) is 7.05. The molecule has 0 aliphatic heterocycles. The van der Waals surface area contributed by atoms with Gasteiger partial charge in [0.05, 0.1) is 40.3 Å². The molecular formula is C57H95NO7. The summed E-state index contributed by atoms with van der Waals surface area (Å²) in [5, 5.41) is 11.7. The number of hydrogen-bond acceptors (Lipinski definition) is 7. The lowest BCUT2D eigenvalue weighted by Gasteiger charge is -2.34. The summed E-state index contributed by atoms with van der Waals surface area (Å²) < 4.78 is 17.2.